The van der Waals surface area contributed by atoms with Gasteiger partial charge in [0.05, 0.1) is 25.0 Å². The Morgan fingerprint density at radius 1 is 1.44 bits per heavy atom. The third-order valence-corrected chi connectivity index (χ3v) is 3.47. The van der Waals surface area contributed by atoms with Crippen LogP contribution in [0, 0.1) is 6.92 Å². The Bertz CT molecular complexity index is 363. The van der Waals surface area contributed by atoms with E-state index >= 15 is 0 Å². The maximum Gasteiger partial charge on any atom is 0.0701 e. The Labute approximate surface area is 109 Å². The Kier molecular flexibility index (Phi) is 5.11. The highest BCUT2D eigenvalue weighted by Gasteiger charge is 2.20. The van der Waals surface area contributed by atoms with Gasteiger partial charge in [0, 0.05) is 25.8 Å². The Morgan fingerprint density at radius 3 is 2.89 bits per heavy atom. The lowest BCUT2D eigenvalue weighted by molar-refractivity contribution is -0.00921. The maximum absolute atomic E-state index is 8.73. The second kappa shape index (κ2) is 6.83. The number of piperidine rings is 1. The van der Waals surface area contributed by atoms with E-state index in [-0.39, 0.29) is 6.61 Å². The van der Waals surface area contributed by atoms with E-state index in [4.69, 9.17) is 9.84 Å². The number of aromatic nitrogens is 1. The first-order valence-corrected chi connectivity index (χ1v) is 6.65. The first-order chi connectivity index (χ1) is 8.79. The van der Waals surface area contributed by atoms with Crippen molar-refractivity contribution in [2.75, 3.05) is 26.3 Å². The minimum atomic E-state index is 0.118. The Morgan fingerprint density at radius 2 is 2.22 bits per heavy atom. The zero-order valence-corrected chi connectivity index (χ0v) is 11.0. The van der Waals surface area contributed by atoms with Crippen LogP contribution in [0.5, 0.6) is 0 Å². The van der Waals surface area contributed by atoms with Crippen LogP contribution in [-0.4, -0.2) is 47.4 Å². The van der Waals surface area contributed by atoms with Crippen molar-refractivity contribution in [2.24, 2.45) is 0 Å². The largest absolute Gasteiger partial charge is 0.394 e. The molecule has 0 saturated carbocycles. The summed E-state index contributed by atoms with van der Waals surface area (Å²) in [6.07, 6.45) is 4.27. The van der Waals surface area contributed by atoms with Crippen molar-refractivity contribution >= 4 is 0 Å². The van der Waals surface area contributed by atoms with E-state index in [1.807, 2.05) is 12.3 Å². The summed E-state index contributed by atoms with van der Waals surface area (Å²) in [7, 11) is 0. The van der Waals surface area contributed by atoms with Crippen LogP contribution in [0.2, 0.25) is 0 Å². The molecule has 100 valence electrons. The van der Waals surface area contributed by atoms with Gasteiger partial charge in [-0.15, -0.1) is 0 Å². The van der Waals surface area contributed by atoms with Gasteiger partial charge in [0.1, 0.15) is 0 Å². The average molecular weight is 250 g/mol. The van der Waals surface area contributed by atoms with Crippen molar-refractivity contribution in [3.05, 3.63) is 29.6 Å². The van der Waals surface area contributed by atoms with Gasteiger partial charge in [-0.05, 0) is 31.4 Å². The first kappa shape index (κ1) is 13.5. The minimum Gasteiger partial charge on any atom is -0.394 e. The van der Waals surface area contributed by atoms with E-state index in [9.17, 15) is 0 Å². The lowest BCUT2D eigenvalue weighted by Gasteiger charge is -2.31. The quantitative estimate of drug-likeness (QED) is 0.857. The van der Waals surface area contributed by atoms with Gasteiger partial charge in [-0.1, -0.05) is 6.07 Å². The predicted octanol–water partition coefficient (Wildman–Crippen LogP) is 1.36. The zero-order valence-electron chi connectivity index (χ0n) is 11.0. The first-order valence-electron chi connectivity index (χ1n) is 6.65. The molecule has 1 aliphatic rings. The smallest absolute Gasteiger partial charge is 0.0701 e. The molecule has 2 heterocycles. The molecule has 4 heteroatoms. The molecule has 0 atom stereocenters. The van der Waals surface area contributed by atoms with Crippen LogP contribution >= 0.6 is 0 Å². The molecule has 0 aliphatic carbocycles. The molecule has 1 saturated heterocycles. The molecule has 0 bridgehead atoms. The van der Waals surface area contributed by atoms with Crippen LogP contribution in [-0.2, 0) is 11.3 Å². The Hall–Kier alpha value is -0.970. The number of hydrogen-bond acceptors (Lipinski definition) is 4. The van der Waals surface area contributed by atoms with Gasteiger partial charge in [-0.2, -0.15) is 0 Å². The summed E-state index contributed by atoms with van der Waals surface area (Å²) in [5, 5.41) is 8.73. The number of nitrogens with zero attached hydrogens (tertiary/aromatic N) is 2. The molecule has 1 aromatic heterocycles. The van der Waals surface area contributed by atoms with Gasteiger partial charge >= 0.3 is 0 Å². The molecule has 0 amide bonds. The van der Waals surface area contributed by atoms with Crippen molar-refractivity contribution in [1.29, 1.82) is 0 Å². The monoisotopic (exact) mass is 250 g/mol. The number of hydrogen-bond donors (Lipinski definition) is 1. The second-order valence-corrected chi connectivity index (χ2v) is 4.84. The predicted molar refractivity (Wildman–Crippen MR) is 70.3 cm³/mol. The highest BCUT2D eigenvalue weighted by Crippen LogP contribution is 2.16. The van der Waals surface area contributed by atoms with Gasteiger partial charge in [0.2, 0.25) is 0 Å². The minimum absolute atomic E-state index is 0.118. The fraction of sp³-hybridized carbons (Fsp3) is 0.643. The lowest BCUT2D eigenvalue weighted by Crippen LogP contribution is -2.37. The van der Waals surface area contributed by atoms with Crippen molar-refractivity contribution in [3.63, 3.8) is 0 Å². The molecule has 2 rings (SSSR count). The van der Waals surface area contributed by atoms with E-state index in [1.165, 1.54) is 11.3 Å². The van der Waals surface area contributed by atoms with Crippen molar-refractivity contribution in [3.8, 4) is 0 Å². The van der Waals surface area contributed by atoms with Crippen LogP contribution in [0.4, 0.5) is 0 Å². The zero-order chi connectivity index (χ0) is 12.8. The highest BCUT2D eigenvalue weighted by atomic mass is 16.5. The lowest BCUT2D eigenvalue weighted by atomic mass is 10.1. The van der Waals surface area contributed by atoms with Gasteiger partial charge in [-0.25, -0.2) is 0 Å². The molecule has 0 radical (unpaired) electrons. The fourth-order valence-corrected chi connectivity index (χ4v) is 2.35. The maximum atomic E-state index is 8.73. The van der Waals surface area contributed by atoms with Crippen LogP contribution in [0.25, 0.3) is 0 Å². The number of pyridine rings is 1. The number of rotatable bonds is 5. The molecule has 0 unspecified atom stereocenters. The summed E-state index contributed by atoms with van der Waals surface area (Å²) < 4.78 is 5.56. The van der Waals surface area contributed by atoms with E-state index in [0.717, 1.165) is 32.5 Å². The van der Waals surface area contributed by atoms with Crippen LogP contribution in [0.3, 0.4) is 0 Å². The van der Waals surface area contributed by atoms with Crippen LogP contribution in [0.1, 0.15) is 24.1 Å². The number of ether oxygens (including phenoxy) is 1. The number of aryl methyl sites for hydroxylation is 1. The van der Waals surface area contributed by atoms with E-state index in [0.29, 0.717) is 12.7 Å². The summed E-state index contributed by atoms with van der Waals surface area (Å²) >= 11 is 0. The van der Waals surface area contributed by atoms with Crippen molar-refractivity contribution in [1.82, 2.24) is 9.88 Å². The molecule has 4 nitrogen and oxygen atoms in total. The summed E-state index contributed by atoms with van der Waals surface area (Å²) in [5.41, 5.74) is 2.43. The van der Waals surface area contributed by atoms with Crippen molar-refractivity contribution < 1.29 is 9.84 Å². The van der Waals surface area contributed by atoms with Gasteiger partial charge in [0.15, 0.2) is 0 Å². The number of aliphatic hydroxyl groups excluding tert-OH is 1. The average Bonchev–Trinajstić information content (AvgIpc) is 2.41. The van der Waals surface area contributed by atoms with E-state index in [1.54, 1.807) is 0 Å². The molecule has 1 N–H and O–H groups in total. The fourth-order valence-electron chi connectivity index (χ4n) is 2.35. The van der Waals surface area contributed by atoms with E-state index in [2.05, 4.69) is 22.9 Å². The normalized spacial score (nSPS) is 18.1. The SMILES string of the molecule is Cc1cccnc1CN1CCC(OCCO)CC1. The molecule has 0 spiro atoms. The second-order valence-electron chi connectivity index (χ2n) is 4.84. The molecule has 18 heavy (non-hydrogen) atoms. The summed E-state index contributed by atoms with van der Waals surface area (Å²) in [6, 6.07) is 4.09. The third kappa shape index (κ3) is 3.77. The molecular weight excluding hydrogens is 228 g/mol. The van der Waals surface area contributed by atoms with Gasteiger partial charge in [-0.3, -0.25) is 9.88 Å². The van der Waals surface area contributed by atoms with Crippen LogP contribution < -0.4 is 0 Å². The van der Waals surface area contributed by atoms with Crippen LogP contribution in [0.15, 0.2) is 18.3 Å². The molecular formula is C14H22N2O2. The van der Waals surface area contributed by atoms with Crippen molar-refractivity contribution in [2.45, 2.75) is 32.4 Å². The van der Waals surface area contributed by atoms with Gasteiger partial charge < -0.3 is 9.84 Å². The molecule has 1 aliphatic heterocycles. The number of aliphatic hydroxyl groups is 1. The topological polar surface area (TPSA) is 45.6 Å². The summed E-state index contributed by atoms with van der Waals surface area (Å²) in [5.74, 6) is 0. The Balaban J connectivity index is 1.78. The molecule has 0 aromatic carbocycles. The van der Waals surface area contributed by atoms with Gasteiger partial charge in [0.25, 0.3) is 0 Å². The molecule has 1 fully saturated rings. The number of likely N-dealkylation sites (tertiary alicyclic amines) is 1. The third-order valence-electron chi connectivity index (χ3n) is 3.47. The van der Waals surface area contributed by atoms with E-state index < -0.39 is 0 Å². The summed E-state index contributed by atoms with van der Waals surface area (Å²) in [6.45, 7) is 5.72. The highest BCUT2D eigenvalue weighted by molar-refractivity contribution is 5.17. The molecule has 1 aromatic rings. The summed E-state index contributed by atoms with van der Waals surface area (Å²) in [4.78, 5) is 6.86. The standard InChI is InChI=1S/C14H22N2O2/c1-12-3-2-6-15-14(12)11-16-7-4-13(5-8-16)18-10-9-17/h2-3,6,13,17H,4-5,7-11H2,1H3.